The van der Waals surface area contributed by atoms with Gasteiger partial charge in [-0.1, -0.05) is 12.2 Å². The van der Waals surface area contributed by atoms with Gasteiger partial charge in [0.1, 0.15) is 0 Å². The monoisotopic (exact) mass is 284 g/mol. The van der Waals surface area contributed by atoms with E-state index in [4.69, 9.17) is 9.84 Å². The number of ether oxygens (including phenoxy) is 2. The molecule has 1 unspecified atom stereocenters. The van der Waals surface area contributed by atoms with Gasteiger partial charge in [-0.2, -0.15) is 0 Å². The smallest absolute Gasteiger partial charge is 0.305 e. The second-order valence-electron chi connectivity index (χ2n) is 4.98. The molecule has 0 fully saturated rings. The molecular weight excluding hydrogens is 260 g/mol. The highest BCUT2D eigenvalue weighted by Crippen LogP contribution is 2.28. The summed E-state index contributed by atoms with van der Waals surface area (Å²) in [7, 11) is 1.34. The van der Waals surface area contributed by atoms with Gasteiger partial charge in [0.2, 0.25) is 0 Å². The number of allylic oxidation sites excluding steroid dienone is 2. The number of hydrogen-bond donors (Lipinski definition) is 2. The maximum Gasteiger partial charge on any atom is 0.305 e. The molecule has 0 radical (unpaired) electrons. The molecule has 0 saturated carbocycles. The number of hydrogen-bond acceptors (Lipinski definition) is 5. The fourth-order valence-electron chi connectivity index (χ4n) is 2.04. The van der Waals surface area contributed by atoms with Crippen molar-refractivity contribution in [3.8, 4) is 0 Å². The average Bonchev–Trinajstić information content (AvgIpc) is 2.45. The van der Waals surface area contributed by atoms with E-state index >= 15 is 0 Å². The first kappa shape index (κ1) is 16.7. The third-order valence-corrected chi connectivity index (χ3v) is 3.25. The molecule has 2 N–H and O–H groups in total. The molecule has 0 aromatic rings. The van der Waals surface area contributed by atoms with Crippen molar-refractivity contribution in [3.05, 3.63) is 24.0 Å². The number of aliphatic hydroxyl groups excluding tert-OH is 1. The predicted molar refractivity (Wildman–Crippen MR) is 74.9 cm³/mol. The number of rotatable bonds is 9. The summed E-state index contributed by atoms with van der Waals surface area (Å²) >= 11 is 0. The van der Waals surface area contributed by atoms with Crippen LogP contribution in [-0.2, 0) is 14.3 Å². The lowest BCUT2D eigenvalue weighted by molar-refractivity contribution is -0.141. The minimum atomic E-state index is -1.04. The largest absolute Gasteiger partial charge is 0.498 e. The van der Waals surface area contributed by atoms with Crippen LogP contribution in [0.5, 0.6) is 0 Å². The lowest BCUT2D eigenvalue weighted by Crippen LogP contribution is -2.29. The molecule has 5 nitrogen and oxygen atoms in total. The zero-order chi connectivity index (χ0) is 14.8. The molecule has 1 rings (SSSR count). The number of carbonyl (C=O) groups excluding carboxylic acids is 1. The van der Waals surface area contributed by atoms with Gasteiger partial charge in [-0.15, -0.1) is 0 Å². The summed E-state index contributed by atoms with van der Waals surface area (Å²) in [5.41, 5.74) is -1.04. The molecule has 0 aromatic carbocycles. The van der Waals surface area contributed by atoms with Crippen molar-refractivity contribution in [1.82, 2.24) is 0 Å². The Labute approximate surface area is 119 Å². The van der Waals surface area contributed by atoms with Crippen molar-refractivity contribution in [3.63, 3.8) is 0 Å². The van der Waals surface area contributed by atoms with Crippen LogP contribution in [-0.4, -0.2) is 42.1 Å². The summed E-state index contributed by atoms with van der Waals surface area (Å²) < 4.78 is 10.2. The SMILES string of the molecule is COC(=O)CCC1(O)C=CC=C(OCCCCCO)C1. The van der Waals surface area contributed by atoms with Crippen LogP contribution >= 0.6 is 0 Å². The highest BCUT2D eigenvalue weighted by atomic mass is 16.5. The van der Waals surface area contributed by atoms with E-state index in [1.54, 1.807) is 12.2 Å². The van der Waals surface area contributed by atoms with Crippen LogP contribution in [0, 0.1) is 0 Å². The molecule has 1 atom stereocenters. The molecule has 20 heavy (non-hydrogen) atoms. The normalized spacial score (nSPS) is 21.4. The Morgan fingerprint density at radius 2 is 2.20 bits per heavy atom. The lowest BCUT2D eigenvalue weighted by atomic mass is 9.89. The Morgan fingerprint density at radius 3 is 2.90 bits per heavy atom. The molecule has 1 aliphatic rings. The number of unbranched alkanes of at least 4 members (excludes halogenated alkanes) is 2. The van der Waals surface area contributed by atoms with Gasteiger partial charge in [0.25, 0.3) is 0 Å². The van der Waals surface area contributed by atoms with E-state index in [2.05, 4.69) is 4.74 Å². The summed E-state index contributed by atoms with van der Waals surface area (Å²) in [5.74, 6) is 0.400. The first-order valence-corrected chi connectivity index (χ1v) is 7.01. The van der Waals surface area contributed by atoms with Gasteiger partial charge in [-0.25, -0.2) is 0 Å². The van der Waals surface area contributed by atoms with E-state index in [9.17, 15) is 9.90 Å². The first-order valence-electron chi connectivity index (χ1n) is 7.01. The van der Waals surface area contributed by atoms with Gasteiger partial charge >= 0.3 is 5.97 Å². The molecule has 0 saturated heterocycles. The lowest BCUT2D eigenvalue weighted by Gasteiger charge is -2.28. The Balaban J connectivity index is 2.32. The Hall–Kier alpha value is -1.33. The van der Waals surface area contributed by atoms with E-state index in [1.807, 2.05) is 6.08 Å². The third-order valence-electron chi connectivity index (χ3n) is 3.25. The summed E-state index contributed by atoms with van der Waals surface area (Å²) in [6.07, 6.45) is 8.74. The van der Waals surface area contributed by atoms with Gasteiger partial charge < -0.3 is 19.7 Å². The molecule has 0 aromatic heterocycles. The quantitative estimate of drug-likeness (QED) is 0.498. The molecule has 0 heterocycles. The van der Waals surface area contributed by atoms with E-state index in [-0.39, 0.29) is 19.0 Å². The number of aliphatic hydroxyl groups is 2. The van der Waals surface area contributed by atoms with Crippen LogP contribution < -0.4 is 0 Å². The van der Waals surface area contributed by atoms with E-state index in [1.165, 1.54) is 7.11 Å². The van der Waals surface area contributed by atoms with E-state index in [0.29, 0.717) is 19.4 Å². The van der Waals surface area contributed by atoms with Crippen molar-refractivity contribution < 1.29 is 24.5 Å². The van der Waals surface area contributed by atoms with Crippen molar-refractivity contribution in [2.75, 3.05) is 20.3 Å². The zero-order valence-electron chi connectivity index (χ0n) is 12.0. The minimum absolute atomic E-state index is 0.182. The standard InChI is InChI=1S/C15H24O5/c1-19-14(17)7-9-15(18)8-5-6-13(12-15)20-11-4-2-3-10-16/h5-6,8,16,18H,2-4,7,9-12H2,1H3. The maximum atomic E-state index is 11.1. The van der Waals surface area contributed by atoms with E-state index in [0.717, 1.165) is 25.0 Å². The van der Waals surface area contributed by atoms with Crippen molar-refractivity contribution >= 4 is 5.97 Å². The fourth-order valence-corrected chi connectivity index (χ4v) is 2.04. The summed E-state index contributed by atoms with van der Waals surface area (Å²) in [5, 5.41) is 19.1. The first-order chi connectivity index (χ1) is 9.59. The molecule has 0 spiro atoms. The predicted octanol–water partition coefficient (Wildman–Crippen LogP) is 1.69. The van der Waals surface area contributed by atoms with Crippen LogP contribution in [0.1, 0.15) is 38.5 Å². The second-order valence-corrected chi connectivity index (χ2v) is 4.98. The van der Waals surface area contributed by atoms with Crippen molar-refractivity contribution in [2.24, 2.45) is 0 Å². The van der Waals surface area contributed by atoms with Crippen LogP contribution in [0.3, 0.4) is 0 Å². The van der Waals surface area contributed by atoms with E-state index < -0.39 is 5.60 Å². The minimum Gasteiger partial charge on any atom is -0.498 e. The summed E-state index contributed by atoms with van der Waals surface area (Å²) in [6, 6.07) is 0. The van der Waals surface area contributed by atoms with Gasteiger partial charge in [0, 0.05) is 19.4 Å². The maximum absolute atomic E-state index is 11.1. The number of methoxy groups -OCH3 is 1. The highest BCUT2D eigenvalue weighted by Gasteiger charge is 2.28. The third kappa shape index (κ3) is 6.21. The van der Waals surface area contributed by atoms with Crippen molar-refractivity contribution in [1.29, 1.82) is 0 Å². The molecule has 114 valence electrons. The summed E-state index contributed by atoms with van der Waals surface area (Å²) in [4.78, 5) is 11.1. The van der Waals surface area contributed by atoms with Crippen LogP contribution in [0.25, 0.3) is 0 Å². The van der Waals surface area contributed by atoms with Gasteiger partial charge in [-0.05, 0) is 31.8 Å². The Kier molecular flexibility index (Phi) is 7.33. The molecule has 0 amide bonds. The number of carbonyl (C=O) groups is 1. The molecule has 1 aliphatic carbocycles. The molecule has 0 bridgehead atoms. The Bertz CT molecular complexity index is 361. The highest BCUT2D eigenvalue weighted by molar-refractivity contribution is 5.69. The van der Waals surface area contributed by atoms with Gasteiger partial charge in [-0.3, -0.25) is 4.79 Å². The van der Waals surface area contributed by atoms with Gasteiger partial charge in [0.05, 0.1) is 25.1 Å². The van der Waals surface area contributed by atoms with Crippen molar-refractivity contribution in [2.45, 2.75) is 44.1 Å². The Morgan fingerprint density at radius 1 is 1.40 bits per heavy atom. The van der Waals surface area contributed by atoms with Crippen LogP contribution in [0.2, 0.25) is 0 Å². The van der Waals surface area contributed by atoms with Crippen LogP contribution in [0.4, 0.5) is 0 Å². The topological polar surface area (TPSA) is 76.0 Å². The number of esters is 1. The van der Waals surface area contributed by atoms with Gasteiger partial charge in [0.15, 0.2) is 0 Å². The fraction of sp³-hybridized carbons (Fsp3) is 0.667. The molecule has 5 heteroatoms. The molecule has 0 aliphatic heterocycles. The average molecular weight is 284 g/mol. The zero-order valence-corrected chi connectivity index (χ0v) is 12.0. The second kappa shape index (κ2) is 8.76. The van der Waals surface area contributed by atoms with Crippen LogP contribution in [0.15, 0.2) is 24.0 Å². The summed E-state index contributed by atoms with van der Waals surface area (Å²) in [6.45, 7) is 0.783. The molecular formula is C15H24O5.